The van der Waals surface area contributed by atoms with Gasteiger partial charge in [-0.1, -0.05) is 30.3 Å². The number of benzene rings is 2. The van der Waals surface area contributed by atoms with Crippen LogP contribution < -0.4 is 20.5 Å². The van der Waals surface area contributed by atoms with Crippen LogP contribution in [0.2, 0.25) is 0 Å². The van der Waals surface area contributed by atoms with E-state index < -0.39 is 0 Å². The summed E-state index contributed by atoms with van der Waals surface area (Å²) in [5, 5.41) is 3.02. The first-order valence-electron chi connectivity index (χ1n) is 7.09. The van der Waals surface area contributed by atoms with E-state index in [0.717, 1.165) is 22.7 Å². The number of ether oxygens (including phenoxy) is 2. The molecule has 0 heterocycles. The molecule has 0 amide bonds. The van der Waals surface area contributed by atoms with E-state index in [9.17, 15) is 0 Å². The minimum atomic E-state index is 0. The predicted octanol–water partition coefficient (Wildman–Crippen LogP) is 3.43. The molecule has 0 saturated heterocycles. The highest BCUT2D eigenvalue weighted by Crippen LogP contribution is 2.22. The Bertz CT molecular complexity index is 647. The van der Waals surface area contributed by atoms with Crippen molar-refractivity contribution in [1.29, 1.82) is 0 Å². The van der Waals surface area contributed by atoms with Crippen molar-refractivity contribution >= 4 is 35.6 Å². The Morgan fingerprint density at radius 1 is 1.09 bits per heavy atom. The summed E-state index contributed by atoms with van der Waals surface area (Å²) in [4.78, 5) is 4.24. The molecule has 2 rings (SSSR count). The van der Waals surface area contributed by atoms with E-state index in [1.165, 1.54) is 0 Å². The second-order valence-corrected chi connectivity index (χ2v) is 4.71. The maximum atomic E-state index is 5.87. The molecule has 5 nitrogen and oxygen atoms in total. The molecule has 124 valence electrons. The molecule has 0 spiro atoms. The molecule has 0 radical (unpaired) electrons. The van der Waals surface area contributed by atoms with Crippen molar-refractivity contribution in [2.24, 2.45) is 10.7 Å². The van der Waals surface area contributed by atoms with Gasteiger partial charge in [0.15, 0.2) is 5.96 Å². The molecule has 0 atom stereocenters. The Hall–Kier alpha value is -1.96. The fourth-order valence-corrected chi connectivity index (χ4v) is 1.97. The highest BCUT2D eigenvalue weighted by Gasteiger charge is 2.02. The lowest BCUT2D eigenvalue weighted by Gasteiger charge is -2.10. The minimum Gasteiger partial charge on any atom is -0.495 e. The number of nitrogens with zero attached hydrogens (tertiary/aromatic N) is 1. The Balaban J connectivity index is 0.00000264. The van der Waals surface area contributed by atoms with Crippen LogP contribution in [0.25, 0.3) is 0 Å². The fraction of sp³-hybridized carbons (Fsp3) is 0.235. The average Bonchev–Trinajstić information content (AvgIpc) is 2.53. The van der Waals surface area contributed by atoms with Gasteiger partial charge in [-0.15, -0.1) is 24.0 Å². The number of hydrogen-bond acceptors (Lipinski definition) is 3. The molecule has 3 N–H and O–H groups in total. The van der Waals surface area contributed by atoms with Crippen LogP contribution >= 0.6 is 24.0 Å². The fourth-order valence-electron chi connectivity index (χ4n) is 1.97. The maximum Gasteiger partial charge on any atom is 0.193 e. The van der Waals surface area contributed by atoms with Gasteiger partial charge in [-0.25, -0.2) is 4.99 Å². The van der Waals surface area contributed by atoms with Gasteiger partial charge in [0.25, 0.3) is 0 Å². The van der Waals surface area contributed by atoms with Crippen molar-refractivity contribution in [3.63, 3.8) is 0 Å². The summed E-state index contributed by atoms with van der Waals surface area (Å²) in [6.45, 7) is 2.96. The number of halogens is 1. The number of methoxy groups -OCH3 is 1. The first-order valence-corrected chi connectivity index (χ1v) is 7.09. The minimum absolute atomic E-state index is 0. The largest absolute Gasteiger partial charge is 0.495 e. The number of rotatable bonds is 6. The van der Waals surface area contributed by atoms with Gasteiger partial charge in [0.05, 0.1) is 19.3 Å². The molecule has 0 fully saturated rings. The van der Waals surface area contributed by atoms with E-state index in [-0.39, 0.29) is 24.0 Å². The molecule has 0 aliphatic rings. The molecule has 2 aromatic carbocycles. The van der Waals surface area contributed by atoms with E-state index in [0.29, 0.717) is 19.1 Å². The van der Waals surface area contributed by atoms with Gasteiger partial charge < -0.3 is 20.5 Å². The first kappa shape index (κ1) is 19.1. The molecule has 0 aromatic heterocycles. The zero-order chi connectivity index (χ0) is 15.8. The standard InChI is InChI=1S/C17H21N3O2.HI/c1-13-7-3-5-9-15(13)22-12-11-19-17(18)20-14-8-4-6-10-16(14)21-2;/h3-10H,11-12H2,1-2H3,(H3,18,19,20);1H. The lowest BCUT2D eigenvalue weighted by Crippen LogP contribution is -2.23. The number of para-hydroxylation sites is 3. The van der Waals surface area contributed by atoms with Crippen LogP contribution in [0, 0.1) is 6.92 Å². The third-order valence-corrected chi connectivity index (χ3v) is 3.09. The highest BCUT2D eigenvalue weighted by atomic mass is 127. The van der Waals surface area contributed by atoms with Crippen LogP contribution in [-0.2, 0) is 0 Å². The SMILES string of the molecule is COc1ccccc1NC(N)=NCCOc1ccccc1C.I. The number of nitrogens with one attached hydrogen (secondary N) is 1. The van der Waals surface area contributed by atoms with Crippen molar-refractivity contribution in [3.05, 3.63) is 54.1 Å². The van der Waals surface area contributed by atoms with Gasteiger partial charge in [-0.3, -0.25) is 0 Å². The topological polar surface area (TPSA) is 68.9 Å². The smallest absolute Gasteiger partial charge is 0.193 e. The molecule has 0 unspecified atom stereocenters. The first-order chi connectivity index (χ1) is 10.7. The van der Waals surface area contributed by atoms with E-state index in [1.54, 1.807) is 7.11 Å². The molecule has 0 aliphatic carbocycles. The van der Waals surface area contributed by atoms with Gasteiger partial charge in [-0.2, -0.15) is 0 Å². The molecule has 0 aliphatic heterocycles. The van der Waals surface area contributed by atoms with Gasteiger partial charge in [0.1, 0.15) is 18.1 Å². The van der Waals surface area contributed by atoms with Crippen LogP contribution in [0.1, 0.15) is 5.56 Å². The second-order valence-electron chi connectivity index (χ2n) is 4.71. The van der Waals surface area contributed by atoms with Gasteiger partial charge in [-0.05, 0) is 30.7 Å². The monoisotopic (exact) mass is 427 g/mol. The number of hydrogen-bond donors (Lipinski definition) is 2. The van der Waals surface area contributed by atoms with E-state index in [1.807, 2.05) is 55.5 Å². The van der Waals surface area contributed by atoms with Crippen LogP contribution in [0.5, 0.6) is 11.5 Å². The molecule has 23 heavy (non-hydrogen) atoms. The van der Waals surface area contributed by atoms with E-state index in [4.69, 9.17) is 15.2 Å². The summed E-state index contributed by atoms with van der Waals surface area (Å²) in [6.07, 6.45) is 0. The van der Waals surface area contributed by atoms with Crippen molar-refractivity contribution in [3.8, 4) is 11.5 Å². The molecule has 0 saturated carbocycles. The van der Waals surface area contributed by atoms with Gasteiger partial charge in [0, 0.05) is 0 Å². The molecule has 6 heteroatoms. The van der Waals surface area contributed by atoms with Crippen LogP contribution in [0.15, 0.2) is 53.5 Å². The lowest BCUT2D eigenvalue weighted by molar-refractivity contribution is 0.326. The lowest BCUT2D eigenvalue weighted by atomic mass is 10.2. The number of aliphatic imine (C=N–C) groups is 1. The van der Waals surface area contributed by atoms with Crippen molar-refractivity contribution in [2.45, 2.75) is 6.92 Å². The average molecular weight is 427 g/mol. The predicted molar refractivity (Wildman–Crippen MR) is 105 cm³/mol. The third-order valence-electron chi connectivity index (χ3n) is 3.09. The van der Waals surface area contributed by atoms with Crippen molar-refractivity contribution in [1.82, 2.24) is 0 Å². The quantitative estimate of drug-likeness (QED) is 0.321. The summed E-state index contributed by atoms with van der Waals surface area (Å²) >= 11 is 0. The van der Waals surface area contributed by atoms with E-state index >= 15 is 0 Å². The van der Waals surface area contributed by atoms with Crippen molar-refractivity contribution < 1.29 is 9.47 Å². The molecular formula is C17H22IN3O2. The van der Waals surface area contributed by atoms with E-state index in [2.05, 4.69) is 10.3 Å². The third kappa shape index (κ3) is 5.97. The Morgan fingerprint density at radius 2 is 1.74 bits per heavy atom. The van der Waals surface area contributed by atoms with Gasteiger partial charge in [0.2, 0.25) is 0 Å². The Labute approximate surface area is 153 Å². The number of anilines is 1. The summed E-state index contributed by atoms with van der Waals surface area (Å²) < 4.78 is 10.9. The van der Waals surface area contributed by atoms with Gasteiger partial charge >= 0.3 is 0 Å². The number of nitrogens with two attached hydrogens (primary N) is 1. The summed E-state index contributed by atoms with van der Waals surface area (Å²) in [5.41, 5.74) is 7.75. The normalized spacial score (nSPS) is 10.6. The highest BCUT2D eigenvalue weighted by molar-refractivity contribution is 14.0. The Kier molecular flexibility index (Phi) is 8.25. The molecular weight excluding hydrogens is 405 g/mol. The number of guanidine groups is 1. The summed E-state index contributed by atoms with van der Waals surface area (Å²) in [5.74, 6) is 1.92. The van der Waals surface area contributed by atoms with Crippen LogP contribution in [-0.4, -0.2) is 26.2 Å². The molecule has 2 aromatic rings. The van der Waals surface area contributed by atoms with Crippen LogP contribution in [0.4, 0.5) is 5.69 Å². The summed E-state index contributed by atoms with van der Waals surface area (Å²) in [6, 6.07) is 15.4. The maximum absolute atomic E-state index is 5.87. The van der Waals surface area contributed by atoms with Crippen molar-refractivity contribution in [2.75, 3.05) is 25.6 Å². The Morgan fingerprint density at radius 3 is 2.43 bits per heavy atom. The number of aryl methyl sites for hydroxylation is 1. The summed E-state index contributed by atoms with van der Waals surface area (Å²) in [7, 11) is 1.61. The molecule has 0 bridgehead atoms. The zero-order valence-corrected chi connectivity index (χ0v) is 15.6. The zero-order valence-electron chi connectivity index (χ0n) is 13.3. The van der Waals surface area contributed by atoms with Crippen LogP contribution in [0.3, 0.4) is 0 Å². The second kappa shape index (κ2) is 9.94.